The van der Waals surface area contributed by atoms with Gasteiger partial charge in [-0.25, -0.2) is 4.79 Å². The van der Waals surface area contributed by atoms with Gasteiger partial charge in [0.25, 0.3) is 0 Å². The Kier molecular flexibility index (Phi) is 7.34. The van der Waals surface area contributed by atoms with Gasteiger partial charge in [-0.2, -0.15) is 0 Å². The lowest BCUT2D eigenvalue weighted by molar-refractivity contribution is -0.151. The highest BCUT2D eigenvalue weighted by atomic mass is 16.5. The number of carbonyl (C=O) groups is 1. The van der Waals surface area contributed by atoms with Crippen LogP contribution >= 0.6 is 0 Å². The molecule has 0 aromatic rings. The van der Waals surface area contributed by atoms with E-state index in [4.69, 9.17) is 9.84 Å². The SMILES string of the molecule is CCOC(CN(CC)CC(C)C)C(=O)O. The molecule has 4 nitrogen and oxygen atoms in total. The molecule has 0 spiro atoms. The summed E-state index contributed by atoms with van der Waals surface area (Å²) in [5.74, 6) is -0.333. The summed E-state index contributed by atoms with van der Waals surface area (Å²) < 4.78 is 5.18. The van der Waals surface area contributed by atoms with Gasteiger partial charge >= 0.3 is 5.97 Å². The van der Waals surface area contributed by atoms with Gasteiger partial charge in [0, 0.05) is 19.7 Å². The van der Waals surface area contributed by atoms with Crippen molar-refractivity contribution in [2.45, 2.75) is 33.8 Å². The van der Waals surface area contributed by atoms with Gasteiger partial charge in [-0.15, -0.1) is 0 Å². The van der Waals surface area contributed by atoms with E-state index >= 15 is 0 Å². The van der Waals surface area contributed by atoms with Crippen molar-refractivity contribution in [1.82, 2.24) is 4.90 Å². The van der Waals surface area contributed by atoms with Crippen LogP contribution in [0, 0.1) is 5.92 Å². The maximum absolute atomic E-state index is 10.9. The van der Waals surface area contributed by atoms with Crippen LogP contribution in [-0.2, 0) is 9.53 Å². The molecule has 0 saturated carbocycles. The molecule has 0 bridgehead atoms. The predicted octanol–water partition coefficient (Wildman–Crippen LogP) is 1.45. The number of carboxylic acids is 1. The highest BCUT2D eigenvalue weighted by Crippen LogP contribution is 2.02. The van der Waals surface area contributed by atoms with E-state index < -0.39 is 12.1 Å². The third-order valence-corrected chi connectivity index (χ3v) is 2.14. The Labute approximate surface area is 92.2 Å². The van der Waals surface area contributed by atoms with E-state index in [1.165, 1.54) is 0 Å². The molecule has 15 heavy (non-hydrogen) atoms. The maximum atomic E-state index is 10.9. The third kappa shape index (κ3) is 6.47. The van der Waals surface area contributed by atoms with Crippen LogP contribution in [0.25, 0.3) is 0 Å². The molecule has 1 unspecified atom stereocenters. The summed E-state index contributed by atoms with van der Waals surface area (Å²) in [6, 6.07) is 0. The van der Waals surface area contributed by atoms with E-state index in [0.717, 1.165) is 13.1 Å². The van der Waals surface area contributed by atoms with E-state index in [1.807, 2.05) is 13.8 Å². The first-order valence-electron chi connectivity index (χ1n) is 5.57. The molecule has 0 aromatic heterocycles. The first-order chi connectivity index (χ1) is 7.01. The topological polar surface area (TPSA) is 49.8 Å². The molecule has 0 radical (unpaired) electrons. The second kappa shape index (κ2) is 7.65. The van der Waals surface area contributed by atoms with Crippen molar-refractivity contribution in [3.05, 3.63) is 0 Å². The molecular weight excluding hydrogens is 194 g/mol. The summed E-state index contributed by atoms with van der Waals surface area (Å²) in [5.41, 5.74) is 0. The molecule has 0 amide bonds. The van der Waals surface area contributed by atoms with Crippen LogP contribution in [0.1, 0.15) is 27.7 Å². The molecule has 1 atom stereocenters. The number of aliphatic carboxylic acids is 1. The molecule has 4 heteroatoms. The number of carboxylic acid groups (broad SMARTS) is 1. The standard InChI is InChI=1S/C11H23NO3/c1-5-12(7-9(3)4)8-10(11(13)14)15-6-2/h9-10H,5-8H2,1-4H3,(H,13,14). The van der Waals surface area contributed by atoms with E-state index in [9.17, 15) is 4.79 Å². The van der Waals surface area contributed by atoms with Gasteiger partial charge in [-0.05, 0) is 19.4 Å². The van der Waals surface area contributed by atoms with Crippen LogP contribution in [0.2, 0.25) is 0 Å². The number of hydrogen-bond donors (Lipinski definition) is 1. The van der Waals surface area contributed by atoms with Crippen molar-refractivity contribution in [3.63, 3.8) is 0 Å². The van der Waals surface area contributed by atoms with Gasteiger partial charge in [0.1, 0.15) is 0 Å². The largest absolute Gasteiger partial charge is 0.479 e. The summed E-state index contributed by atoms with van der Waals surface area (Å²) in [6.07, 6.45) is -0.700. The summed E-state index contributed by atoms with van der Waals surface area (Å²) >= 11 is 0. The fraction of sp³-hybridized carbons (Fsp3) is 0.909. The zero-order valence-corrected chi connectivity index (χ0v) is 10.2. The van der Waals surface area contributed by atoms with Gasteiger partial charge in [0.15, 0.2) is 6.10 Å². The lowest BCUT2D eigenvalue weighted by atomic mass is 10.2. The second-order valence-electron chi connectivity index (χ2n) is 4.03. The number of likely N-dealkylation sites (N-methyl/N-ethyl adjacent to an activating group) is 1. The molecule has 0 aromatic carbocycles. The van der Waals surface area contributed by atoms with E-state index in [0.29, 0.717) is 19.1 Å². The molecule has 0 saturated heterocycles. The van der Waals surface area contributed by atoms with Gasteiger partial charge in [0.05, 0.1) is 0 Å². The molecule has 0 aliphatic heterocycles. The zero-order chi connectivity index (χ0) is 11.8. The molecule has 0 rings (SSSR count). The Morgan fingerprint density at radius 1 is 1.33 bits per heavy atom. The lowest BCUT2D eigenvalue weighted by Crippen LogP contribution is -2.40. The van der Waals surface area contributed by atoms with Crippen LogP contribution in [-0.4, -0.2) is 48.3 Å². The number of ether oxygens (including phenoxy) is 1. The molecule has 90 valence electrons. The minimum Gasteiger partial charge on any atom is -0.479 e. The van der Waals surface area contributed by atoms with Crippen molar-refractivity contribution >= 4 is 5.97 Å². The highest BCUT2D eigenvalue weighted by Gasteiger charge is 2.20. The monoisotopic (exact) mass is 217 g/mol. The summed E-state index contributed by atoms with van der Waals surface area (Å²) in [5, 5.41) is 8.93. The predicted molar refractivity (Wildman–Crippen MR) is 60.0 cm³/mol. The molecular formula is C11H23NO3. The van der Waals surface area contributed by atoms with Crippen molar-refractivity contribution in [2.24, 2.45) is 5.92 Å². The molecule has 0 fully saturated rings. The first-order valence-corrected chi connectivity index (χ1v) is 5.57. The van der Waals surface area contributed by atoms with Gasteiger partial charge < -0.3 is 14.7 Å². The smallest absolute Gasteiger partial charge is 0.334 e. The van der Waals surface area contributed by atoms with Crippen molar-refractivity contribution in [2.75, 3.05) is 26.2 Å². The van der Waals surface area contributed by atoms with Crippen molar-refractivity contribution in [3.8, 4) is 0 Å². The third-order valence-electron chi connectivity index (χ3n) is 2.14. The Morgan fingerprint density at radius 2 is 1.93 bits per heavy atom. The minimum atomic E-state index is -0.876. The van der Waals surface area contributed by atoms with Crippen LogP contribution in [0.4, 0.5) is 0 Å². The summed E-state index contributed by atoms with van der Waals surface area (Å²) in [6.45, 7) is 10.8. The molecule has 0 aliphatic carbocycles. The van der Waals surface area contributed by atoms with E-state index in [-0.39, 0.29) is 0 Å². The Hall–Kier alpha value is -0.610. The highest BCUT2D eigenvalue weighted by molar-refractivity contribution is 5.72. The number of nitrogens with zero attached hydrogens (tertiary/aromatic N) is 1. The Bertz CT molecular complexity index is 183. The van der Waals surface area contributed by atoms with Crippen LogP contribution in [0.15, 0.2) is 0 Å². The van der Waals surface area contributed by atoms with Crippen LogP contribution < -0.4 is 0 Å². The van der Waals surface area contributed by atoms with Crippen molar-refractivity contribution in [1.29, 1.82) is 0 Å². The second-order valence-corrected chi connectivity index (χ2v) is 4.03. The quantitative estimate of drug-likeness (QED) is 0.668. The fourth-order valence-corrected chi connectivity index (χ4v) is 1.49. The van der Waals surface area contributed by atoms with Gasteiger partial charge in [-0.1, -0.05) is 20.8 Å². The minimum absolute atomic E-state index is 0.441. The zero-order valence-electron chi connectivity index (χ0n) is 10.2. The Balaban J connectivity index is 4.15. The fourth-order valence-electron chi connectivity index (χ4n) is 1.49. The Morgan fingerprint density at radius 3 is 2.27 bits per heavy atom. The average molecular weight is 217 g/mol. The van der Waals surface area contributed by atoms with Gasteiger partial charge in [-0.3, -0.25) is 0 Å². The average Bonchev–Trinajstić information content (AvgIpc) is 2.14. The molecule has 0 heterocycles. The van der Waals surface area contributed by atoms with Crippen LogP contribution in [0.3, 0.4) is 0 Å². The van der Waals surface area contributed by atoms with Crippen LogP contribution in [0.5, 0.6) is 0 Å². The lowest BCUT2D eigenvalue weighted by Gasteiger charge is -2.25. The first kappa shape index (κ1) is 14.4. The van der Waals surface area contributed by atoms with E-state index in [2.05, 4.69) is 18.7 Å². The summed E-state index contributed by atoms with van der Waals surface area (Å²) in [4.78, 5) is 13.0. The number of hydrogen-bond acceptors (Lipinski definition) is 3. The molecule has 1 N–H and O–H groups in total. The van der Waals surface area contributed by atoms with Gasteiger partial charge in [0.2, 0.25) is 0 Å². The van der Waals surface area contributed by atoms with E-state index in [1.54, 1.807) is 0 Å². The maximum Gasteiger partial charge on any atom is 0.334 e. The summed E-state index contributed by atoms with van der Waals surface area (Å²) in [7, 11) is 0. The number of rotatable bonds is 8. The molecule has 0 aliphatic rings. The normalized spacial score (nSPS) is 13.5. The van der Waals surface area contributed by atoms with Crippen molar-refractivity contribution < 1.29 is 14.6 Å².